The molecule has 0 saturated carbocycles. The quantitative estimate of drug-likeness (QED) is 0.790. The van der Waals surface area contributed by atoms with Gasteiger partial charge in [0.2, 0.25) is 0 Å². The second-order valence-corrected chi connectivity index (χ2v) is 6.72. The van der Waals surface area contributed by atoms with Crippen LogP contribution in [0.4, 0.5) is 0 Å². The molecule has 1 aromatic carbocycles. The number of amides is 1. The van der Waals surface area contributed by atoms with Crippen molar-refractivity contribution in [3.63, 3.8) is 0 Å². The first kappa shape index (κ1) is 19.5. The summed E-state index contributed by atoms with van der Waals surface area (Å²) < 4.78 is 16.8. The lowest BCUT2D eigenvalue weighted by molar-refractivity contribution is -0.147. The van der Waals surface area contributed by atoms with Crippen LogP contribution in [0.2, 0.25) is 0 Å². The first-order valence-corrected chi connectivity index (χ1v) is 8.83. The number of piperidine rings is 1. The molecule has 0 aromatic heterocycles. The molecule has 0 radical (unpaired) electrons. The molecule has 25 heavy (non-hydrogen) atoms. The summed E-state index contributed by atoms with van der Waals surface area (Å²) in [5.41, 5.74) is 0.214. The molecule has 1 saturated heterocycles. The highest BCUT2D eigenvalue weighted by atomic mass is 16.5. The Balaban J connectivity index is 2.11. The summed E-state index contributed by atoms with van der Waals surface area (Å²) in [7, 11) is 3.22. The molecule has 6 nitrogen and oxygen atoms in total. The highest BCUT2D eigenvalue weighted by molar-refractivity contribution is 5.85. The third-order valence-electron chi connectivity index (χ3n) is 4.61. The van der Waals surface area contributed by atoms with Crippen LogP contribution >= 0.6 is 0 Å². The molecule has 1 aromatic rings. The minimum absolute atomic E-state index is 0.0644. The maximum Gasteiger partial charge on any atom is 0.252 e. The van der Waals surface area contributed by atoms with Crippen molar-refractivity contribution >= 4 is 5.91 Å². The highest BCUT2D eigenvalue weighted by Crippen LogP contribution is 2.31. The van der Waals surface area contributed by atoms with Crippen molar-refractivity contribution in [2.45, 2.75) is 51.4 Å². The molecule has 1 amide bonds. The summed E-state index contributed by atoms with van der Waals surface area (Å²) in [6, 6.07) is 5.59. The van der Waals surface area contributed by atoms with E-state index in [1.807, 2.05) is 39.0 Å². The number of rotatable bonds is 7. The third kappa shape index (κ3) is 4.64. The standard InChI is InChI=1S/C19H30N2O4/c1-13(2)25-16-7-6-15(12-17(16)23-4)14(3)21-18(22)19(24-5)8-10-20-11-9-19/h6-7,12-14,20H,8-11H2,1-5H3,(H,21,22). The minimum Gasteiger partial charge on any atom is -0.493 e. The first-order chi connectivity index (χ1) is 11.9. The van der Waals surface area contributed by atoms with Crippen LogP contribution in [0.25, 0.3) is 0 Å². The molecule has 0 aliphatic carbocycles. The van der Waals surface area contributed by atoms with Gasteiger partial charge in [-0.15, -0.1) is 0 Å². The largest absolute Gasteiger partial charge is 0.493 e. The number of carbonyl (C=O) groups is 1. The van der Waals surface area contributed by atoms with E-state index < -0.39 is 5.60 Å². The highest BCUT2D eigenvalue weighted by Gasteiger charge is 2.40. The van der Waals surface area contributed by atoms with Crippen LogP contribution in [0.5, 0.6) is 11.5 Å². The van der Waals surface area contributed by atoms with Crippen molar-refractivity contribution in [2.24, 2.45) is 0 Å². The number of carbonyl (C=O) groups excluding carboxylic acids is 1. The lowest BCUT2D eigenvalue weighted by atomic mass is 9.90. The van der Waals surface area contributed by atoms with Crippen LogP contribution in [0, 0.1) is 0 Å². The Morgan fingerprint density at radius 2 is 1.84 bits per heavy atom. The fraction of sp³-hybridized carbons (Fsp3) is 0.632. The molecule has 1 atom stereocenters. The Labute approximate surface area is 150 Å². The van der Waals surface area contributed by atoms with Crippen molar-refractivity contribution in [1.82, 2.24) is 10.6 Å². The van der Waals surface area contributed by atoms with Crippen LogP contribution in [0.3, 0.4) is 0 Å². The number of benzene rings is 1. The number of hydrogen-bond donors (Lipinski definition) is 2. The summed E-state index contributed by atoms with van der Waals surface area (Å²) in [4.78, 5) is 12.8. The smallest absolute Gasteiger partial charge is 0.252 e. The summed E-state index contributed by atoms with van der Waals surface area (Å²) in [6.45, 7) is 7.47. The van der Waals surface area contributed by atoms with Gasteiger partial charge in [-0.3, -0.25) is 4.79 Å². The van der Waals surface area contributed by atoms with E-state index in [9.17, 15) is 4.79 Å². The molecular weight excluding hydrogens is 320 g/mol. The molecule has 0 spiro atoms. The minimum atomic E-state index is -0.746. The lowest BCUT2D eigenvalue weighted by Crippen LogP contribution is -2.54. The van der Waals surface area contributed by atoms with Crippen LogP contribution in [0.1, 0.15) is 45.2 Å². The van der Waals surface area contributed by atoms with Gasteiger partial charge >= 0.3 is 0 Å². The van der Waals surface area contributed by atoms with Gasteiger partial charge in [-0.1, -0.05) is 6.07 Å². The van der Waals surface area contributed by atoms with Gasteiger partial charge in [-0.25, -0.2) is 0 Å². The molecule has 1 aliphatic rings. The normalized spacial score (nSPS) is 17.8. The van der Waals surface area contributed by atoms with Crippen LogP contribution in [-0.2, 0) is 9.53 Å². The lowest BCUT2D eigenvalue weighted by Gasteiger charge is -2.35. The van der Waals surface area contributed by atoms with E-state index >= 15 is 0 Å². The molecule has 140 valence electrons. The third-order valence-corrected chi connectivity index (χ3v) is 4.61. The number of nitrogens with one attached hydrogen (secondary N) is 2. The van der Waals surface area contributed by atoms with Gasteiger partial charge in [0, 0.05) is 7.11 Å². The van der Waals surface area contributed by atoms with Crippen molar-refractivity contribution in [2.75, 3.05) is 27.3 Å². The monoisotopic (exact) mass is 350 g/mol. The van der Waals surface area contributed by atoms with E-state index in [4.69, 9.17) is 14.2 Å². The molecule has 1 heterocycles. The SMILES string of the molecule is COc1cc(C(C)NC(=O)C2(OC)CCNCC2)ccc1OC(C)C. The van der Waals surface area contributed by atoms with E-state index in [1.165, 1.54) is 0 Å². The Bertz CT molecular complexity index is 583. The van der Waals surface area contributed by atoms with Crippen molar-refractivity contribution in [1.29, 1.82) is 0 Å². The average Bonchev–Trinajstić information content (AvgIpc) is 2.61. The first-order valence-electron chi connectivity index (χ1n) is 8.83. The molecular formula is C19H30N2O4. The Hall–Kier alpha value is -1.79. The second kappa shape index (κ2) is 8.54. The molecule has 1 aliphatic heterocycles. The fourth-order valence-corrected chi connectivity index (χ4v) is 3.07. The van der Waals surface area contributed by atoms with Crippen LogP contribution in [0.15, 0.2) is 18.2 Å². The van der Waals surface area contributed by atoms with Gasteiger partial charge in [0.1, 0.15) is 5.60 Å². The molecule has 2 N–H and O–H groups in total. The summed E-state index contributed by atoms with van der Waals surface area (Å²) in [5, 5.41) is 6.34. The molecule has 0 bridgehead atoms. The Kier molecular flexibility index (Phi) is 6.67. The van der Waals surface area contributed by atoms with Crippen molar-refractivity contribution in [3.05, 3.63) is 23.8 Å². The summed E-state index contributed by atoms with van der Waals surface area (Å²) in [5.74, 6) is 1.30. The molecule has 6 heteroatoms. The van der Waals surface area contributed by atoms with Gasteiger partial charge < -0.3 is 24.8 Å². The average molecular weight is 350 g/mol. The van der Waals surface area contributed by atoms with E-state index in [1.54, 1.807) is 14.2 Å². The Morgan fingerprint density at radius 3 is 2.40 bits per heavy atom. The predicted octanol–water partition coefficient (Wildman–Crippen LogP) is 2.43. The van der Waals surface area contributed by atoms with Crippen molar-refractivity contribution < 1.29 is 19.0 Å². The zero-order chi connectivity index (χ0) is 18.4. The predicted molar refractivity (Wildman–Crippen MR) is 97.2 cm³/mol. The number of ether oxygens (including phenoxy) is 3. The van der Waals surface area contributed by atoms with E-state index in [0.717, 1.165) is 18.7 Å². The maximum absolute atomic E-state index is 12.8. The molecule has 1 fully saturated rings. The zero-order valence-corrected chi connectivity index (χ0v) is 15.8. The fourth-order valence-electron chi connectivity index (χ4n) is 3.07. The van der Waals surface area contributed by atoms with Crippen molar-refractivity contribution in [3.8, 4) is 11.5 Å². The Morgan fingerprint density at radius 1 is 1.16 bits per heavy atom. The van der Waals surface area contributed by atoms with Gasteiger partial charge in [-0.05, 0) is 64.4 Å². The van der Waals surface area contributed by atoms with Gasteiger partial charge in [0.15, 0.2) is 11.5 Å². The van der Waals surface area contributed by atoms with E-state index in [2.05, 4.69) is 10.6 Å². The number of methoxy groups -OCH3 is 2. The molecule has 2 rings (SSSR count). The van der Waals surface area contributed by atoms with Gasteiger partial charge in [-0.2, -0.15) is 0 Å². The maximum atomic E-state index is 12.8. The molecule has 1 unspecified atom stereocenters. The van der Waals surface area contributed by atoms with Crippen LogP contribution < -0.4 is 20.1 Å². The van der Waals surface area contributed by atoms with E-state index in [-0.39, 0.29) is 18.1 Å². The second-order valence-electron chi connectivity index (χ2n) is 6.72. The topological polar surface area (TPSA) is 68.8 Å². The van der Waals surface area contributed by atoms with E-state index in [0.29, 0.717) is 24.3 Å². The summed E-state index contributed by atoms with van der Waals surface area (Å²) >= 11 is 0. The van der Waals surface area contributed by atoms with Crippen LogP contribution in [-0.4, -0.2) is 44.9 Å². The summed E-state index contributed by atoms with van der Waals surface area (Å²) in [6.07, 6.45) is 1.41. The van der Waals surface area contributed by atoms with Gasteiger partial charge in [0.05, 0.1) is 19.3 Å². The number of hydrogen-bond acceptors (Lipinski definition) is 5. The zero-order valence-electron chi connectivity index (χ0n) is 15.8. The van der Waals surface area contributed by atoms with Gasteiger partial charge in [0.25, 0.3) is 5.91 Å².